The Labute approximate surface area is 154 Å². The van der Waals surface area contributed by atoms with Gasteiger partial charge < -0.3 is 9.72 Å². The van der Waals surface area contributed by atoms with Gasteiger partial charge in [-0.1, -0.05) is 24.0 Å². The average Bonchev–Trinajstić information content (AvgIpc) is 2.98. The van der Waals surface area contributed by atoms with Gasteiger partial charge in [-0.15, -0.1) is 6.42 Å². The second kappa shape index (κ2) is 8.05. The van der Waals surface area contributed by atoms with Crippen molar-refractivity contribution in [1.29, 1.82) is 0 Å². The van der Waals surface area contributed by atoms with E-state index in [1.54, 1.807) is 18.3 Å². The van der Waals surface area contributed by atoms with Crippen LogP contribution in [0.15, 0.2) is 41.6 Å². The number of allylic oxidation sites excluding steroid dienone is 4. The van der Waals surface area contributed by atoms with Crippen molar-refractivity contribution in [3.05, 3.63) is 52.9 Å². The number of ether oxygens (including phenoxy) is 1. The van der Waals surface area contributed by atoms with Crippen LogP contribution in [0.25, 0.3) is 11.0 Å². The first-order valence-corrected chi connectivity index (χ1v) is 9.01. The molecule has 1 aliphatic carbocycles. The quantitative estimate of drug-likeness (QED) is 0.649. The normalized spacial score (nSPS) is 18.1. The van der Waals surface area contributed by atoms with Gasteiger partial charge in [-0.05, 0) is 62.3 Å². The number of nitrogens with zero attached hydrogens (tertiary/aromatic N) is 1. The first kappa shape index (κ1) is 18.0. The number of pyridine rings is 1. The number of aromatic amines is 1. The number of fused-ring (bicyclic) bond motifs is 1. The minimum atomic E-state index is -0.353. The maximum atomic E-state index is 12.0. The number of aromatic nitrogens is 2. The standard InChI is InChI=1S/C22H24N2O2/c1-4-5-10-18-15(2)8-6-7-9-16(18)13-17-14-20-21(24-17)19(11-12-23-20)22(25)26-3/h1,5,10-12,14,16,24H,6-9,13H2,2-3H3/b10-5-. The highest BCUT2D eigenvalue weighted by molar-refractivity contribution is 6.01. The molecule has 4 heteroatoms. The predicted molar refractivity (Wildman–Crippen MR) is 104 cm³/mol. The van der Waals surface area contributed by atoms with Crippen molar-refractivity contribution < 1.29 is 9.53 Å². The topological polar surface area (TPSA) is 55.0 Å². The number of hydrogen-bond acceptors (Lipinski definition) is 3. The van der Waals surface area contributed by atoms with Gasteiger partial charge in [0.2, 0.25) is 0 Å². The molecule has 2 aromatic heterocycles. The molecule has 1 aliphatic rings. The van der Waals surface area contributed by atoms with Crippen molar-refractivity contribution in [3.63, 3.8) is 0 Å². The van der Waals surface area contributed by atoms with Crippen LogP contribution in [0.2, 0.25) is 0 Å². The van der Waals surface area contributed by atoms with Gasteiger partial charge >= 0.3 is 5.97 Å². The lowest BCUT2D eigenvalue weighted by atomic mass is 9.88. The maximum Gasteiger partial charge on any atom is 0.340 e. The fourth-order valence-corrected chi connectivity index (χ4v) is 3.79. The Morgan fingerprint density at radius 3 is 3.12 bits per heavy atom. The Bertz CT molecular complexity index is 912. The minimum absolute atomic E-state index is 0.353. The van der Waals surface area contributed by atoms with E-state index in [4.69, 9.17) is 11.2 Å². The Morgan fingerprint density at radius 2 is 2.35 bits per heavy atom. The van der Waals surface area contributed by atoms with E-state index in [0.29, 0.717) is 11.5 Å². The number of hydrogen-bond donors (Lipinski definition) is 1. The second-order valence-corrected chi connectivity index (χ2v) is 6.79. The molecule has 0 aromatic carbocycles. The van der Waals surface area contributed by atoms with Gasteiger partial charge in [-0.3, -0.25) is 4.98 Å². The van der Waals surface area contributed by atoms with Gasteiger partial charge in [0.05, 0.1) is 23.7 Å². The summed E-state index contributed by atoms with van der Waals surface area (Å²) in [6.45, 7) is 2.20. The molecule has 4 nitrogen and oxygen atoms in total. The Morgan fingerprint density at radius 1 is 1.50 bits per heavy atom. The zero-order valence-corrected chi connectivity index (χ0v) is 15.3. The highest BCUT2D eigenvalue weighted by Gasteiger charge is 2.20. The first-order chi connectivity index (χ1) is 12.6. The Hall–Kier alpha value is -2.80. The van der Waals surface area contributed by atoms with E-state index in [1.165, 1.54) is 31.1 Å². The number of terminal acetylenes is 1. The van der Waals surface area contributed by atoms with Crippen molar-refractivity contribution in [1.82, 2.24) is 9.97 Å². The number of esters is 1. The lowest BCUT2D eigenvalue weighted by Crippen LogP contribution is -2.08. The molecule has 3 rings (SSSR count). The third-order valence-electron chi connectivity index (χ3n) is 5.09. The summed E-state index contributed by atoms with van der Waals surface area (Å²) in [6, 6.07) is 3.72. The van der Waals surface area contributed by atoms with E-state index < -0.39 is 0 Å². The molecular formula is C22H24N2O2. The molecule has 1 N–H and O–H groups in total. The smallest absolute Gasteiger partial charge is 0.340 e. The Kier molecular flexibility index (Phi) is 5.58. The van der Waals surface area contributed by atoms with Gasteiger partial charge in [-0.25, -0.2) is 4.79 Å². The van der Waals surface area contributed by atoms with Crippen molar-refractivity contribution >= 4 is 17.0 Å². The van der Waals surface area contributed by atoms with E-state index in [0.717, 1.165) is 36.0 Å². The molecular weight excluding hydrogens is 324 g/mol. The molecule has 26 heavy (non-hydrogen) atoms. The monoisotopic (exact) mass is 348 g/mol. The molecule has 1 atom stereocenters. The molecule has 0 fully saturated rings. The molecule has 0 bridgehead atoms. The van der Waals surface area contributed by atoms with Crippen LogP contribution in [-0.2, 0) is 11.2 Å². The molecule has 0 spiro atoms. The van der Waals surface area contributed by atoms with Crippen LogP contribution in [0.5, 0.6) is 0 Å². The Balaban J connectivity index is 1.94. The van der Waals surface area contributed by atoms with E-state index in [1.807, 2.05) is 6.07 Å². The summed E-state index contributed by atoms with van der Waals surface area (Å²) in [6.07, 6.45) is 16.5. The number of H-pyrrole nitrogens is 1. The summed E-state index contributed by atoms with van der Waals surface area (Å²) in [5, 5.41) is 0. The zero-order chi connectivity index (χ0) is 18.5. The van der Waals surface area contributed by atoms with Crippen molar-refractivity contribution in [2.45, 2.75) is 39.0 Å². The highest BCUT2D eigenvalue weighted by atomic mass is 16.5. The molecule has 1 unspecified atom stereocenters. The summed E-state index contributed by atoms with van der Waals surface area (Å²) in [7, 11) is 1.39. The lowest BCUT2D eigenvalue weighted by molar-refractivity contribution is 0.0602. The highest BCUT2D eigenvalue weighted by Crippen LogP contribution is 2.32. The summed E-state index contributed by atoms with van der Waals surface area (Å²) < 4.78 is 4.87. The van der Waals surface area contributed by atoms with Gasteiger partial charge in [0, 0.05) is 11.9 Å². The second-order valence-electron chi connectivity index (χ2n) is 6.79. The van der Waals surface area contributed by atoms with Gasteiger partial charge in [0.25, 0.3) is 0 Å². The number of carbonyl (C=O) groups excluding carboxylic acids is 1. The fourth-order valence-electron chi connectivity index (χ4n) is 3.79. The van der Waals surface area contributed by atoms with E-state index in [9.17, 15) is 4.79 Å². The van der Waals surface area contributed by atoms with E-state index >= 15 is 0 Å². The first-order valence-electron chi connectivity index (χ1n) is 9.01. The zero-order valence-electron chi connectivity index (χ0n) is 15.3. The summed E-state index contributed by atoms with van der Waals surface area (Å²) in [5.74, 6) is 2.66. The molecule has 2 aromatic rings. The third kappa shape index (κ3) is 3.72. The molecule has 0 saturated heterocycles. The third-order valence-corrected chi connectivity index (χ3v) is 5.09. The van der Waals surface area contributed by atoms with Gasteiger partial charge in [-0.2, -0.15) is 0 Å². The molecule has 0 aliphatic heterocycles. The van der Waals surface area contributed by atoms with Crippen molar-refractivity contribution in [2.24, 2.45) is 5.92 Å². The van der Waals surface area contributed by atoms with Crippen LogP contribution in [0.3, 0.4) is 0 Å². The van der Waals surface area contributed by atoms with Gasteiger partial charge in [0.1, 0.15) is 0 Å². The fraction of sp³-hybridized carbons (Fsp3) is 0.364. The number of nitrogens with one attached hydrogen (secondary N) is 1. The van der Waals surface area contributed by atoms with Crippen molar-refractivity contribution in [2.75, 3.05) is 7.11 Å². The van der Waals surface area contributed by atoms with E-state index in [2.05, 4.69) is 28.9 Å². The van der Waals surface area contributed by atoms with Crippen LogP contribution in [0.1, 0.15) is 48.7 Å². The van der Waals surface area contributed by atoms with E-state index in [-0.39, 0.29) is 5.97 Å². The minimum Gasteiger partial charge on any atom is -0.465 e. The summed E-state index contributed by atoms with van der Waals surface area (Å²) in [5.41, 5.74) is 5.89. The maximum absolute atomic E-state index is 12.0. The molecule has 2 heterocycles. The SMILES string of the molecule is C#C/C=C\C1=C(C)CCCCC1Cc1cc2nccc(C(=O)OC)c2[nH]1. The number of methoxy groups -OCH3 is 1. The molecule has 0 amide bonds. The van der Waals surface area contributed by atoms with Crippen LogP contribution in [-0.4, -0.2) is 23.0 Å². The average molecular weight is 348 g/mol. The van der Waals surface area contributed by atoms with Crippen LogP contribution in [0.4, 0.5) is 0 Å². The van der Waals surface area contributed by atoms with Gasteiger partial charge in [0.15, 0.2) is 0 Å². The molecule has 134 valence electrons. The molecule has 0 radical (unpaired) electrons. The van der Waals surface area contributed by atoms with Crippen LogP contribution < -0.4 is 0 Å². The predicted octanol–water partition coefficient (Wildman–Crippen LogP) is 4.59. The number of carbonyl (C=O) groups is 1. The van der Waals surface area contributed by atoms with Crippen LogP contribution >= 0.6 is 0 Å². The van der Waals surface area contributed by atoms with Crippen LogP contribution in [0, 0.1) is 18.3 Å². The summed E-state index contributed by atoms with van der Waals surface area (Å²) >= 11 is 0. The summed E-state index contributed by atoms with van der Waals surface area (Å²) in [4.78, 5) is 19.8. The van der Waals surface area contributed by atoms with Crippen molar-refractivity contribution in [3.8, 4) is 12.3 Å². The lowest BCUT2D eigenvalue weighted by Gasteiger charge is -2.17. The largest absolute Gasteiger partial charge is 0.465 e. The molecule has 0 saturated carbocycles. The number of rotatable bonds is 4.